The minimum atomic E-state index is 0.427. The van der Waals surface area contributed by atoms with E-state index in [4.69, 9.17) is 4.52 Å². The summed E-state index contributed by atoms with van der Waals surface area (Å²) in [5.41, 5.74) is 3.27. The van der Waals surface area contributed by atoms with Gasteiger partial charge in [0, 0.05) is 5.69 Å². The molecule has 0 fully saturated rings. The molecular formula is C13H14N6O. The van der Waals surface area contributed by atoms with Crippen LogP contribution in [-0.2, 0) is 6.42 Å². The van der Waals surface area contributed by atoms with E-state index in [0.717, 1.165) is 29.8 Å². The van der Waals surface area contributed by atoms with Gasteiger partial charge in [-0.25, -0.2) is 0 Å². The molecule has 0 bridgehead atoms. The zero-order valence-corrected chi connectivity index (χ0v) is 11.3. The Kier molecular flexibility index (Phi) is 3.24. The molecule has 0 aromatic carbocycles. The van der Waals surface area contributed by atoms with Crippen LogP contribution in [0.2, 0.25) is 0 Å². The van der Waals surface area contributed by atoms with Gasteiger partial charge in [0.1, 0.15) is 5.69 Å². The van der Waals surface area contributed by atoms with Gasteiger partial charge < -0.3 is 4.52 Å². The highest BCUT2D eigenvalue weighted by Gasteiger charge is 2.16. The Morgan fingerprint density at radius 1 is 1.25 bits per heavy atom. The van der Waals surface area contributed by atoms with E-state index in [9.17, 15) is 0 Å². The van der Waals surface area contributed by atoms with Crippen LogP contribution in [0.5, 0.6) is 0 Å². The van der Waals surface area contributed by atoms with Gasteiger partial charge in [-0.2, -0.15) is 15.2 Å². The van der Waals surface area contributed by atoms with E-state index in [2.05, 4.69) is 37.5 Å². The number of nitrogens with zero attached hydrogens (tertiary/aromatic N) is 5. The molecule has 0 unspecified atom stereocenters. The summed E-state index contributed by atoms with van der Waals surface area (Å²) >= 11 is 0. The molecular weight excluding hydrogens is 256 g/mol. The van der Waals surface area contributed by atoms with Gasteiger partial charge in [0.15, 0.2) is 0 Å². The van der Waals surface area contributed by atoms with Crippen molar-refractivity contribution in [3.63, 3.8) is 0 Å². The number of aromatic amines is 1. The van der Waals surface area contributed by atoms with Gasteiger partial charge in [-0.15, -0.1) is 5.10 Å². The second-order valence-corrected chi connectivity index (χ2v) is 4.50. The Bertz CT molecular complexity index is 700. The van der Waals surface area contributed by atoms with Crippen molar-refractivity contribution in [1.82, 2.24) is 30.5 Å². The average molecular weight is 270 g/mol. The first kappa shape index (κ1) is 12.5. The molecule has 0 amide bonds. The van der Waals surface area contributed by atoms with Crippen LogP contribution < -0.4 is 0 Å². The molecule has 3 rings (SSSR count). The Hall–Kier alpha value is -2.57. The minimum absolute atomic E-state index is 0.427. The average Bonchev–Trinajstić information content (AvgIpc) is 3.08. The van der Waals surface area contributed by atoms with Gasteiger partial charge in [-0.1, -0.05) is 18.5 Å². The second-order valence-electron chi connectivity index (χ2n) is 4.50. The first-order valence-electron chi connectivity index (χ1n) is 6.45. The van der Waals surface area contributed by atoms with Crippen LogP contribution in [0.15, 0.2) is 22.9 Å². The third-order valence-corrected chi connectivity index (χ3v) is 2.90. The number of rotatable bonds is 4. The highest BCUT2D eigenvalue weighted by atomic mass is 16.5. The second kappa shape index (κ2) is 5.20. The van der Waals surface area contributed by atoms with Crippen molar-refractivity contribution in [2.45, 2.75) is 26.7 Å². The summed E-state index contributed by atoms with van der Waals surface area (Å²) in [6.45, 7) is 3.98. The van der Waals surface area contributed by atoms with E-state index < -0.39 is 0 Å². The van der Waals surface area contributed by atoms with E-state index in [1.807, 2.05) is 19.1 Å². The van der Waals surface area contributed by atoms with Gasteiger partial charge in [0.2, 0.25) is 5.82 Å². The summed E-state index contributed by atoms with van der Waals surface area (Å²) in [4.78, 5) is 4.36. The Morgan fingerprint density at radius 2 is 2.15 bits per heavy atom. The normalized spacial score (nSPS) is 10.9. The van der Waals surface area contributed by atoms with Crippen molar-refractivity contribution in [2.24, 2.45) is 0 Å². The molecule has 0 saturated carbocycles. The van der Waals surface area contributed by atoms with E-state index in [1.54, 1.807) is 6.20 Å². The van der Waals surface area contributed by atoms with Crippen LogP contribution in [0.1, 0.15) is 24.7 Å². The predicted molar refractivity (Wildman–Crippen MR) is 71.6 cm³/mol. The summed E-state index contributed by atoms with van der Waals surface area (Å²) in [6, 6.07) is 3.68. The first-order chi connectivity index (χ1) is 9.78. The summed E-state index contributed by atoms with van der Waals surface area (Å²) in [5.74, 6) is 0.871. The zero-order valence-electron chi connectivity index (χ0n) is 11.3. The highest BCUT2D eigenvalue weighted by molar-refractivity contribution is 5.58. The zero-order chi connectivity index (χ0) is 13.9. The molecule has 0 atom stereocenters. The lowest BCUT2D eigenvalue weighted by Crippen LogP contribution is -1.91. The van der Waals surface area contributed by atoms with Crippen LogP contribution in [0.25, 0.3) is 23.0 Å². The van der Waals surface area contributed by atoms with E-state index in [0.29, 0.717) is 17.4 Å². The van der Waals surface area contributed by atoms with Gasteiger partial charge in [0.05, 0.1) is 17.5 Å². The number of hydrogen-bond acceptors (Lipinski definition) is 6. The van der Waals surface area contributed by atoms with Crippen LogP contribution in [-0.4, -0.2) is 30.5 Å². The molecule has 3 aromatic rings. The van der Waals surface area contributed by atoms with Crippen molar-refractivity contribution in [2.75, 3.05) is 0 Å². The molecule has 0 saturated heterocycles. The molecule has 20 heavy (non-hydrogen) atoms. The van der Waals surface area contributed by atoms with Gasteiger partial charge >= 0.3 is 0 Å². The summed E-state index contributed by atoms with van der Waals surface area (Å²) in [6.07, 6.45) is 3.60. The fourth-order valence-electron chi connectivity index (χ4n) is 1.89. The monoisotopic (exact) mass is 270 g/mol. The molecule has 102 valence electrons. The lowest BCUT2D eigenvalue weighted by molar-refractivity contribution is 0.431. The molecule has 0 aliphatic rings. The highest BCUT2D eigenvalue weighted by Crippen LogP contribution is 2.23. The van der Waals surface area contributed by atoms with Gasteiger partial charge in [0.25, 0.3) is 5.89 Å². The van der Waals surface area contributed by atoms with E-state index >= 15 is 0 Å². The van der Waals surface area contributed by atoms with Crippen LogP contribution in [0, 0.1) is 6.92 Å². The summed E-state index contributed by atoms with van der Waals surface area (Å²) < 4.78 is 5.29. The lowest BCUT2D eigenvalue weighted by Gasteiger charge is -1.95. The smallest absolute Gasteiger partial charge is 0.261 e. The van der Waals surface area contributed by atoms with Crippen molar-refractivity contribution in [3.05, 3.63) is 29.7 Å². The maximum absolute atomic E-state index is 5.29. The fourth-order valence-corrected chi connectivity index (χ4v) is 1.89. The molecule has 3 heterocycles. The molecule has 1 N–H and O–H groups in total. The van der Waals surface area contributed by atoms with E-state index in [1.165, 1.54) is 0 Å². The van der Waals surface area contributed by atoms with E-state index in [-0.39, 0.29) is 0 Å². The summed E-state index contributed by atoms with van der Waals surface area (Å²) in [5, 5.41) is 19.0. The molecule has 0 spiro atoms. The molecule has 0 aliphatic heterocycles. The number of aromatic nitrogens is 6. The largest absolute Gasteiger partial charge is 0.333 e. The lowest BCUT2D eigenvalue weighted by atomic mass is 10.1. The molecule has 0 radical (unpaired) electrons. The van der Waals surface area contributed by atoms with Crippen LogP contribution >= 0.6 is 0 Å². The van der Waals surface area contributed by atoms with Gasteiger partial charge in [-0.3, -0.25) is 5.10 Å². The molecule has 3 aromatic heterocycles. The standard InChI is InChI=1S/C13H14N6O/c1-3-4-10-9(7-14-17-10)13-15-12(19-20-13)11-6-5-8(2)16-18-11/h5-7H,3-4H2,1-2H3,(H,14,17). The number of aryl methyl sites for hydroxylation is 2. The Morgan fingerprint density at radius 3 is 2.90 bits per heavy atom. The number of H-pyrrole nitrogens is 1. The topological polar surface area (TPSA) is 93.4 Å². The maximum Gasteiger partial charge on any atom is 0.261 e. The van der Waals surface area contributed by atoms with Crippen LogP contribution in [0.4, 0.5) is 0 Å². The maximum atomic E-state index is 5.29. The number of hydrogen-bond donors (Lipinski definition) is 1. The quantitative estimate of drug-likeness (QED) is 0.781. The molecule has 0 aliphatic carbocycles. The fraction of sp³-hybridized carbons (Fsp3) is 0.308. The first-order valence-corrected chi connectivity index (χ1v) is 6.45. The summed E-state index contributed by atoms with van der Waals surface area (Å²) in [7, 11) is 0. The SMILES string of the molecule is CCCc1[nH]ncc1-c1nc(-c2ccc(C)nn2)no1. The Labute approximate surface area is 115 Å². The third-order valence-electron chi connectivity index (χ3n) is 2.90. The van der Waals surface area contributed by atoms with Crippen molar-refractivity contribution < 1.29 is 4.52 Å². The minimum Gasteiger partial charge on any atom is -0.333 e. The third kappa shape index (κ3) is 2.29. The number of nitrogens with one attached hydrogen (secondary N) is 1. The van der Waals surface area contributed by atoms with Crippen molar-refractivity contribution >= 4 is 0 Å². The molecule has 7 nitrogen and oxygen atoms in total. The van der Waals surface area contributed by atoms with Crippen molar-refractivity contribution in [3.8, 4) is 23.0 Å². The van der Waals surface area contributed by atoms with Crippen molar-refractivity contribution in [1.29, 1.82) is 0 Å². The van der Waals surface area contributed by atoms with Gasteiger partial charge in [-0.05, 0) is 25.5 Å². The predicted octanol–water partition coefficient (Wildman–Crippen LogP) is 2.18. The van der Waals surface area contributed by atoms with Crippen LogP contribution in [0.3, 0.4) is 0 Å². The Balaban J connectivity index is 1.93. The molecule has 7 heteroatoms.